The molecule has 6 rings (SSSR count). The van der Waals surface area contributed by atoms with Gasteiger partial charge in [0.05, 0.1) is 19.8 Å². The summed E-state index contributed by atoms with van der Waals surface area (Å²) < 4.78 is 0. The van der Waals surface area contributed by atoms with Gasteiger partial charge >= 0.3 is 0 Å². The van der Waals surface area contributed by atoms with Gasteiger partial charge in [-0.3, -0.25) is 14.5 Å². The van der Waals surface area contributed by atoms with E-state index in [1.165, 1.54) is 5.56 Å². The number of anilines is 4. The van der Waals surface area contributed by atoms with Crippen molar-refractivity contribution < 1.29 is 19.8 Å². The van der Waals surface area contributed by atoms with Crippen molar-refractivity contribution in [2.75, 3.05) is 59.9 Å². The van der Waals surface area contributed by atoms with Gasteiger partial charge in [0.1, 0.15) is 5.88 Å². The Labute approximate surface area is 343 Å². The van der Waals surface area contributed by atoms with Crippen LogP contribution in [-0.4, -0.2) is 77.6 Å². The number of halogens is 3. The number of rotatable bonds is 11. The smallest absolute Gasteiger partial charge is 0.239 e. The number of aliphatic hydroxyl groups excluding tert-OH is 2. The molecule has 4 aromatic rings. The average Bonchev–Trinajstić information content (AvgIpc) is 3.18. The molecule has 2 aliphatic heterocycles. The van der Waals surface area contributed by atoms with Gasteiger partial charge in [-0.05, 0) is 89.0 Å². The van der Waals surface area contributed by atoms with Gasteiger partial charge in [-0.1, -0.05) is 71.8 Å². The van der Waals surface area contributed by atoms with Gasteiger partial charge in [0.15, 0.2) is 0 Å². The summed E-state index contributed by atoms with van der Waals surface area (Å²) in [6.45, 7) is 8.59. The average molecular weight is 816 g/mol. The summed E-state index contributed by atoms with van der Waals surface area (Å²) in [7, 11) is 0. The summed E-state index contributed by atoms with van der Waals surface area (Å²) >= 11 is 5.29. The summed E-state index contributed by atoms with van der Waals surface area (Å²) in [6, 6.07) is 32.0. The number of alkyl halides is 1. The zero-order chi connectivity index (χ0) is 37.8. The molecule has 0 radical (unpaired) electrons. The standard InChI is InChI=1S/C21H27N3O2.C13H20N2O.C8H8ClNO.2ClH/c1-16-7-8-20(17(13-16)15-25)22-19-9-11-24(12-10-19)14-21(26)23-18-5-3-2-4-6-18;1-10-2-3-13(11(8-10)9-16)15-12-4-6-14-7-5-12;9-6-8(11)10-7-4-2-1-3-5-7;;/h2-8,13,19,22,25H,9-12,14-15H2,1H3,(H,23,26);2-3,8,12,14-16H,4-7,9H2,1H3;1-5H,6H2,(H,10,11);2*1H. The number of nitrogens with one attached hydrogen (secondary N) is 5. The molecule has 0 unspecified atom stereocenters. The number of para-hydroxylation sites is 2. The van der Waals surface area contributed by atoms with Crippen LogP contribution < -0.4 is 26.6 Å². The molecule has 13 heteroatoms. The van der Waals surface area contributed by atoms with Crippen LogP contribution in [0.15, 0.2) is 97.1 Å². The Hall–Kier alpha value is -3.87. The molecule has 2 amide bonds. The Morgan fingerprint density at radius 2 is 1.11 bits per heavy atom. The first-order chi connectivity index (χ1) is 25.8. The molecule has 10 nitrogen and oxygen atoms in total. The third-order valence-corrected chi connectivity index (χ3v) is 9.35. The molecule has 2 saturated heterocycles. The van der Waals surface area contributed by atoms with E-state index in [2.05, 4.69) is 49.7 Å². The molecule has 0 aromatic heterocycles. The van der Waals surface area contributed by atoms with Crippen molar-refractivity contribution in [2.45, 2.75) is 64.8 Å². The minimum Gasteiger partial charge on any atom is -0.392 e. The third-order valence-electron chi connectivity index (χ3n) is 9.11. The lowest BCUT2D eigenvalue weighted by Crippen LogP contribution is -2.42. The van der Waals surface area contributed by atoms with Crippen LogP contribution in [0, 0.1) is 13.8 Å². The molecule has 0 atom stereocenters. The molecule has 4 aromatic carbocycles. The maximum absolute atomic E-state index is 12.2. The van der Waals surface area contributed by atoms with Gasteiger partial charge in [-0.15, -0.1) is 36.4 Å². The first-order valence-corrected chi connectivity index (χ1v) is 18.9. The largest absolute Gasteiger partial charge is 0.392 e. The predicted octanol–water partition coefficient (Wildman–Crippen LogP) is 7.36. The van der Waals surface area contributed by atoms with Gasteiger partial charge in [-0.2, -0.15) is 0 Å². The van der Waals surface area contributed by atoms with Crippen molar-refractivity contribution >= 4 is 71.0 Å². The molecule has 300 valence electrons. The normalized spacial score (nSPS) is 14.3. The summed E-state index contributed by atoms with van der Waals surface area (Å²) in [4.78, 5) is 25.1. The number of hydrogen-bond donors (Lipinski definition) is 7. The van der Waals surface area contributed by atoms with Gasteiger partial charge in [0.25, 0.3) is 0 Å². The number of nitrogens with zero attached hydrogens (tertiary/aromatic N) is 1. The molecule has 0 aliphatic carbocycles. The maximum Gasteiger partial charge on any atom is 0.239 e. The minimum atomic E-state index is -0.183. The molecular formula is C42H57Cl3N6O4. The van der Waals surface area contributed by atoms with Crippen molar-refractivity contribution in [3.63, 3.8) is 0 Å². The van der Waals surface area contributed by atoms with Crippen LogP contribution in [0.25, 0.3) is 0 Å². The van der Waals surface area contributed by atoms with E-state index in [0.717, 1.165) is 91.3 Å². The van der Waals surface area contributed by atoms with Crippen LogP contribution in [0.3, 0.4) is 0 Å². The van der Waals surface area contributed by atoms with E-state index < -0.39 is 0 Å². The Bertz CT molecular complexity index is 1690. The summed E-state index contributed by atoms with van der Waals surface area (Å²) in [5, 5.41) is 34.8. The molecule has 2 aliphatic rings. The number of amides is 2. The molecule has 0 bridgehead atoms. The SMILES string of the molecule is Cc1ccc(NC2CCN(CC(=O)Nc3ccccc3)CC2)c(CO)c1.Cc1ccc(NC2CCNCC2)c(CO)c1.Cl.Cl.O=C(CCl)Nc1ccccc1. The maximum atomic E-state index is 12.2. The Morgan fingerprint density at radius 3 is 1.55 bits per heavy atom. The Balaban J connectivity index is 0.000000308. The number of likely N-dealkylation sites (tertiary alicyclic amines) is 1. The lowest BCUT2D eigenvalue weighted by atomic mass is 10.0. The number of aliphatic hydroxyl groups is 2. The third kappa shape index (κ3) is 17.2. The molecule has 0 saturated carbocycles. The Kier molecular flexibility index (Phi) is 22.4. The van der Waals surface area contributed by atoms with Crippen LogP contribution >= 0.6 is 36.4 Å². The summed E-state index contributed by atoms with van der Waals surface area (Å²) in [5.74, 6) is -0.156. The number of piperidine rings is 2. The zero-order valence-corrected chi connectivity index (χ0v) is 34.1. The molecule has 0 spiro atoms. The van der Waals surface area contributed by atoms with E-state index in [1.54, 1.807) is 0 Å². The fourth-order valence-corrected chi connectivity index (χ4v) is 6.34. The fraction of sp³-hybridized carbons (Fsp3) is 0.381. The second-order valence-electron chi connectivity index (χ2n) is 13.5. The first-order valence-electron chi connectivity index (χ1n) is 18.4. The van der Waals surface area contributed by atoms with Crippen LogP contribution in [-0.2, 0) is 22.8 Å². The van der Waals surface area contributed by atoms with Crippen molar-refractivity contribution in [1.29, 1.82) is 0 Å². The second kappa shape index (κ2) is 26.1. The summed E-state index contributed by atoms with van der Waals surface area (Å²) in [5.41, 5.74) is 7.99. The highest BCUT2D eigenvalue weighted by molar-refractivity contribution is 6.29. The van der Waals surface area contributed by atoms with Gasteiger partial charge in [0, 0.05) is 59.0 Å². The fourth-order valence-electron chi connectivity index (χ4n) is 6.27. The molecule has 2 heterocycles. The zero-order valence-electron chi connectivity index (χ0n) is 31.7. The molecule has 7 N–H and O–H groups in total. The molecular weight excluding hydrogens is 759 g/mol. The van der Waals surface area contributed by atoms with Crippen molar-refractivity contribution in [3.05, 3.63) is 119 Å². The van der Waals surface area contributed by atoms with Crippen LogP contribution in [0.4, 0.5) is 22.7 Å². The van der Waals surface area contributed by atoms with Crippen LogP contribution in [0.1, 0.15) is 47.9 Å². The highest BCUT2D eigenvalue weighted by Crippen LogP contribution is 2.23. The topological polar surface area (TPSA) is 138 Å². The number of hydrogen-bond acceptors (Lipinski definition) is 8. The van der Waals surface area contributed by atoms with Gasteiger partial charge in [0.2, 0.25) is 11.8 Å². The number of benzene rings is 4. The monoisotopic (exact) mass is 814 g/mol. The first kappa shape index (κ1) is 47.3. The van der Waals surface area contributed by atoms with E-state index in [-0.39, 0.29) is 55.7 Å². The molecule has 2 fully saturated rings. The van der Waals surface area contributed by atoms with Crippen molar-refractivity contribution in [1.82, 2.24) is 10.2 Å². The van der Waals surface area contributed by atoms with Gasteiger partial charge < -0.3 is 36.8 Å². The second-order valence-corrected chi connectivity index (χ2v) is 13.7. The quantitative estimate of drug-likeness (QED) is 0.0781. The molecule has 55 heavy (non-hydrogen) atoms. The van der Waals surface area contributed by atoms with Crippen molar-refractivity contribution in [3.8, 4) is 0 Å². The van der Waals surface area contributed by atoms with E-state index in [4.69, 9.17) is 11.6 Å². The van der Waals surface area contributed by atoms with Crippen LogP contribution in [0.2, 0.25) is 0 Å². The number of carbonyl (C=O) groups excluding carboxylic acids is 2. The van der Waals surface area contributed by atoms with E-state index in [9.17, 15) is 19.8 Å². The highest BCUT2D eigenvalue weighted by atomic mass is 35.5. The number of carbonyl (C=O) groups is 2. The van der Waals surface area contributed by atoms with E-state index in [1.807, 2.05) is 92.7 Å². The van der Waals surface area contributed by atoms with Crippen molar-refractivity contribution in [2.24, 2.45) is 0 Å². The van der Waals surface area contributed by atoms with Crippen LogP contribution in [0.5, 0.6) is 0 Å². The lowest BCUT2D eigenvalue weighted by molar-refractivity contribution is -0.117. The summed E-state index contributed by atoms with van der Waals surface area (Å²) in [6.07, 6.45) is 4.27. The highest BCUT2D eigenvalue weighted by Gasteiger charge is 2.21. The van der Waals surface area contributed by atoms with E-state index in [0.29, 0.717) is 18.6 Å². The van der Waals surface area contributed by atoms with Gasteiger partial charge in [-0.25, -0.2) is 0 Å². The predicted molar refractivity (Wildman–Crippen MR) is 232 cm³/mol. The number of aryl methyl sites for hydroxylation is 2. The van der Waals surface area contributed by atoms with E-state index >= 15 is 0 Å². The lowest BCUT2D eigenvalue weighted by Gasteiger charge is -2.32. The Morgan fingerprint density at radius 1 is 0.673 bits per heavy atom. The minimum absolute atomic E-state index is 0.